The van der Waals surface area contributed by atoms with Gasteiger partial charge in [-0.05, 0) is 37.1 Å². The van der Waals surface area contributed by atoms with Crippen LogP contribution in [0.25, 0.3) is 0 Å². The fourth-order valence-corrected chi connectivity index (χ4v) is 2.45. The second-order valence-electron chi connectivity index (χ2n) is 3.56. The Morgan fingerprint density at radius 1 is 1.60 bits per heavy atom. The third kappa shape index (κ3) is 2.23. The van der Waals surface area contributed by atoms with Crippen molar-refractivity contribution in [2.75, 3.05) is 0 Å². The van der Waals surface area contributed by atoms with Crippen molar-refractivity contribution < 1.29 is 9.18 Å². The molecular formula is C11H11BrClFO. The highest BCUT2D eigenvalue weighted by Crippen LogP contribution is 2.36. The molecule has 0 saturated heterocycles. The number of rotatable bonds is 3. The molecule has 0 bridgehead atoms. The van der Waals surface area contributed by atoms with E-state index in [1.165, 1.54) is 6.07 Å². The number of benzene rings is 1. The molecule has 0 heterocycles. The van der Waals surface area contributed by atoms with Crippen LogP contribution in [0, 0.1) is 5.82 Å². The van der Waals surface area contributed by atoms with Crippen molar-refractivity contribution in [1.29, 1.82) is 0 Å². The molecule has 1 rings (SSSR count). The summed E-state index contributed by atoms with van der Waals surface area (Å²) in [7, 11) is 0. The van der Waals surface area contributed by atoms with E-state index < -0.39 is 16.5 Å². The zero-order chi connectivity index (χ0) is 11.6. The topological polar surface area (TPSA) is 17.1 Å². The van der Waals surface area contributed by atoms with E-state index in [-0.39, 0.29) is 0 Å². The summed E-state index contributed by atoms with van der Waals surface area (Å²) in [6.07, 6.45) is 0.453. The summed E-state index contributed by atoms with van der Waals surface area (Å²) in [6.45, 7) is 3.45. The standard InChI is InChI=1S/C11H11BrClFO/c1-3-11(2,10(13)15)9-7(12)5-4-6-8(9)14/h4-6H,3H2,1-2H3. The summed E-state index contributed by atoms with van der Waals surface area (Å²) in [5.41, 5.74) is -0.654. The van der Waals surface area contributed by atoms with E-state index in [0.29, 0.717) is 16.5 Å². The predicted molar refractivity (Wildman–Crippen MR) is 62.6 cm³/mol. The molecule has 1 aromatic carbocycles. The Morgan fingerprint density at radius 3 is 2.60 bits per heavy atom. The van der Waals surface area contributed by atoms with Crippen molar-refractivity contribution in [1.82, 2.24) is 0 Å². The van der Waals surface area contributed by atoms with Gasteiger partial charge in [0.2, 0.25) is 5.24 Å². The van der Waals surface area contributed by atoms with Crippen molar-refractivity contribution in [2.45, 2.75) is 25.7 Å². The minimum absolute atomic E-state index is 0.326. The quantitative estimate of drug-likeness (QED) is 0.769. The monoisotopic (exact) mass is 292 g/mol. The first-order chi connectivity index (χ1) is 6.93. The predicted octanol–water partition coefficient (Wildman–Crippen LogP) is 4.02. The van der Waals surface area contributed by atoms with Crippen LogP contribution in [0.15, 0.2) is 22.7 Å². The van der Waals surface area contributed by atoms with Gasteiger partial charge in [-0.15, -0.1) is 0 Å². The second-order valence-corrected chi connectivity index (χ2v) is 4.75. The molecule has 4 heteroatoms. The van der Waals surface area contributed by atoms with Crippen molar-refractivity contribution >= 4 is 32.8 Å². The van der Waals surface area contributed by atoms with Gasteiger partial charge in [-0.1, -0.05) is 28.9 Å². The van der Waals surface area contributed by atoms with Crippen molar-refractivity contribution in [3.8, 4) is 0 Å². The Bertz CT molecular complexity index is 374. The molecular weight excluding hydrogens is 282 g/mol. The van der Waals surface area contributed by atoms with E-state index in [0.717, 1.165) is 0 Å². The van der Waals surface area contributed by atoms with Gasteiger partial charge in [0, 0.05) is 10.0 Å². The van der Waals surface area contributed by atoms with Crippen LogP contribution in [0.2, 0.25) is 0 Å². The Labute approximate surface area is 102 Å². The van der Waals surface area contributed by atoms with Gasteiger partial charge in [-0.2, -0.15) is 0 Å². The number of hydrogen-bond acceptors (Lipinski definition) is 1. The van der Waals surface area contributed by atoms with Crippen LogP contribution in [0.4, 0.5) is 4.39 Å². The largest absolute Gasteiger partial charge is 0.280 e. The summed E-state index contributed by atoms with van der Waals surface area (Å²) in [4.78, 5) is 11.4. The van der Waals surface area contributed by atoms with Crippen LogP contribution >= 0.6 is 27.5 Å². The molecule has 1 aromatic rings. The molecule has 0 spiro atoms. The molecule has 1 nitrogen and oxygen atoms in total. The van der Waals surface area contributed by atoms with E-state index in [2.05, 4.69) is 15.9 Å². The average molecular weight is 294 g/mol. The van der Waals surface area contributed by atoms with Crippen molar-refractivity contribution in [3.63, 3.8) is 0 Å². The van der Waals surface area contributed by atoms with E-state index in [4.69, 9.17) is 11.6 Å². The second kappa shape index (κ2) is 4.62. The summed E-state index contributed by atoms with van der Waals surface area (Å²) in [6, 6.07) is 4.61. The van der Waals surface area contributed by atoms with Crippen LogP contribution in [0.1, 0.15) is 25.8 Å². The molecule has 15 heavy (non-hydrogen) atoms. The zero-order valence-electron chi connectivity index (χ0n) is 8.48. The van der Waals surface area contributed by atoms with Gasteiger partial charge in [0.05, 0.1) is 5.41 Å². The minimum atomic E-state index is -0.980. The smallest absolute Gasteiger partial charge is 0.232 e. The molecule has 0 aliphatic heterocycles. The van der Waals surface area contributed by atoms with E-state index >= 15 is 0 Å². The summed E-state index contributed by atoms with van der Waals surface area (Å²) >= 11 is 8.78. The summed E-state index contributed by atoms with van der Waals surface area (Å²) in [5.74, 6) is -0.414. The molecule has 0 fully saturated rings. The van der Waals surface area contributed by atoms with Gasteiger partial charge in [0.15, 0.2) is 0 Å². The molecule has 0 N–H and O–H groups in total. The number of carbonyl (C=O) groups is 1. The fourth-order valence-electron chi connectivity index (χ4n) is 1.44. The highest BCUT2D eigenvalue weighted by molar-refractivity contribution is 9.10. The van der Waals surface area contributed by atoms with Gasteiger partial charge < -0.3 is 0 Å². The molecule has 0 saturated carbocycles. The van der Waals surface area contributed by atoms with Crippen LogP contribution in [0.5, 0.6) is 0 Å². The Hall–Kier alpha value is -0.410. The summed E-state index contributed by atoms with van der Waals surface area (Å²) < 4.78 is 14.2. The lowest BCUT2D eigenvalue weighted by Crippen LogP contribution is -2.29. The fraction of sp³-hybridized carbons (Fsp3) is 0.364. The molecule has 0 aromatic heterocycles. The van der Waals surface area contributed by atoms with Crippen LogP contribution in [0.3, 0.4) is 0 Å². The van der Waals surface area contributed by atoms with Crippen LogP contribution in [-0.4, -0.2) is 5.24 Å². The zero-order valence-corrected chi connectivity index (χ0v) is 10.8. The lowest BCUT2D eigenvalue weighted by atomic mass is 9.81. The third-order valence-corrected chi connectivity index (χ3v) is 3.73. The average Bonchev–Trinajstić information content (AvgIpc) is 2.16. The lowest BCUT2D eigenvalue weighted by Gasteiger charge is -2.25. The Balaban J connectivity index is 3.42. The highest BCUT2D eigenvalue weighted by Gasteiger charge is 2.36. The molecule has 1 atom stereocenters. The number of hydrogen-bond donors (Lipinski definition) is 0. The first-order valence-electron chi connectivity index (χ1n) is 4.58. The van der Waals surface area contributed by atoms with Gasteiger partial charge in [-0.3, -0.25) is 4.79 Å². The van der Waals surface area contributed by atoms with E-state index in [1.54, 1.807) is 26.0 Å². The van der Waals surface area contributed by atoms with Crippen LogP contribution < -0.4 is 0 Å². The lowest BCUT2D eigenvalue weighted by molar-refractivity contribution is -0.116. The maximum atomic E-state index is 13.7. The van der Waals surface area contributed by atoms with Gasteiger partial charge in [0.25, 0.3) is 0 Å². The SMILES string of the molecule is CCC(C)(C(=O)Cl)c1c(F)cccc1Br. The van der Waals surface area contributed by atoms with Gasteiger partial charge >= 0.3 is 0 Å². The van der Waals surface area contributed by atoms with Crippen LogP contribution in [-0.2, 0) is 10.2 Å². The summed E-state index contributed by atoms with van der Waals surface area (Å²) in [5, 5.41) is -0.546. The Kier molecular flexibility index (Phi) is 3.90. The highest BCUT2D eigenvalue weighted by atomic mass is 79.9. The maximum Gasteiger partial charge on any atom is 0.232 e. The normalized spacial score (nSPS) is 14.7. The molecule has 0 amide bonds. The number of halogens is 3. The van der Waals surface area contributed by atoms with E-state index in [1.807, 2.05) is 0 Å². The third-order valence-electron chi connectivity index (χ3n) is 2.66. The first-order valence-corrected chi connectivity index (χ1v) is 5.75. The van der Waals surface area contributed by atoms with Crippen molar-refractivity contribution in [2.24, 2.45) is 0 Å². The maximum absolute atomic E-state index is 13.7. The molecule has 0 aliphatic rings. The van der Waals surface area contributed by atoms with Gasteiger partial charge in [-0.25, -0.2) is 4.39 Å². The molecule has 1 unspecified atom stereocenters. The minimum Gasteiger partial charge on any atom is -0.280 e. The molecule has 0 aliphatic carbocycles. The van der Waals surface area contributed by atoms with E-state index in [9.17, 15) is 9.18 Å². The van der Waals surface area contributed by atoms with Gasteiger partial charge in [0.1, 0.15) is 5.82 Å². The molecule has 82 valence electrons. The number of carbonyl (C=O) groups excluding carboxylic acids is 1. The first kappa shape index (κ1) is 12.7. The Morgan fingerprint density at radius 2 is 2.20 bits per heavy atom. The molecule has 0 radical (unpaired) electrons. The van der Waals surface area contributed by atoms with Crippen molar-refractivity contribution in [3.05, 3.63) is 34.1 Å².